The highest BCUT2D eigenvalue weighted by atomic mass is 35.5. The number of hydrogen-bond acceptors (Lipinski definition) is 2. The topological polar surface area (TPSA) is 12.5 Å². The van der Waals surface area contributed by atoms with Crippen molar-refractivity contribution in [1.82, 2.24) is 4.90 Å². The Labute approximate surface area is 66.1 Å². The standard InChI is InChI=1S/C7H12ClNO/c1-5(8)9-3-6-2-7(4-9)10-6/h5-7H,2-4H2,1H3. The molecule has 2 bridgehead atoms. The molecular weight excluding hydrogens is 150 g/mol. The van der Waals surface area contributed by atoms with E-state index in [1.165, 1.54) is 6.42 Å². The van der Waals surface area contributed by atoms with E-state index in [1.807, 2.05) is 6.92 Å². The monoisotopic (exact) mass is 161 g/mol. The Kier molecular flexibility index (Phi) is 1.63. The Hall–Kier alpha value is 0.210. The van der Waals surface area contributed by atoms with E-state index < -0.39 is 0 Å². The van der Waals surface area contributed by atoms with Crippen LogP contribution in [-0.4, -0.2) is 35.7 Å². The van der Waals surface area contributed by atoms with Crippen molar-refractivity contribution < 1.29 is 4.74 Å². The molecule has 3 aliphatic heterocycles. The zero-order valence-electron chi connectivity index (χ0n) is 6.09. The number of alkyl halides is 1. The highest BCUT2D eigenvalue weighted by Gasteiger charge is 2.39. The molecule has 3 fully saturated rings. The minimum atomic E-state index is 0.175. The van der Waals surface area contributed by atoms with Crippen LogP contribution in [0.25, 0.3) is 0 Å². The largest absolute Gasteiger partial charge is 0.372 e. The van der Waals surface area contributed by atoms with Gasteiger partial charge in [-0.3, -0.25) is 4.90 Å². The van der Waals surface area contributed by atoms with Crippen molar-refractivity contribution >= 4 is 11.6 Å². The van der Waals surface area contributed by atoms with Gasteiger partial charge in [0.25, 0.3) is 0 Å². The summed E-state index contributed by atoms with van der Waals surface area (Å²) in [4.78, 5) is 2.27. The molecule has 3 saturated heterocycles. The van der Waals surface area contributed by atoms with Gasteiger partial charge in [-0.2, -0.15) is 0 Å². The Bertz CT molecular complexity index is 124. The van der Waals surface area contributed by atoms with Crippen molar-refractivity contribution in [2.24, 2.45) is 0 Å². The van der Waals surface area contributed by atoms with E-state index in [4.69, 9.17) is 16.3 Å². The SMILES string of the molecule is CC(Cl)N1CC2CC(C1)O2. The van der Waals surface area contributed by atoms with Crippen LogP contribution in [0.2, 0.25) is 0 Å². The van der Waals surface area contributed by atoms with Crippen molar-refractivity contribution in [2.45, 2.75) is 31.1 Å². The lowest BCUT2D eigenvalue weighted by Gasteiger charge is -2.47. The maximum Gasteiger partial charge on any atom is 0.0823 e. The van der Waals surface area contributed by atoms with Crippen LogP contribution in [0.15, 0.2) is 0 Å². The van der Waals surface area contributed by atoms with E-state index in [-0.39, 0.29) is 5.50 Å². The van der Waals surface area contributed by atoms with Gasteiger partial charge in [0, 0.05) is 19.5 Å². The third-order valence-electron chi connectivity index (χ3n) is 2.29. The minimum absolute atomic E-state index is 0.175. The van der Waals surface area contributed by atoms with Gasteiger partial charge < -0.3 is 4.74 Å². The summed E-state index contributed by atoms with van der Waals surface area (Å²) in [5, 5.41) is 0. The molecule has 0 saturated carbocycles. The van der Waals surface area contributed by atoms with Crippen LogP contribution in [0.4, 0.5) is 0 Å². The molecular formula is C7H12ClNO. The van der Waals surface area contributed by atoms with Gasteiger partial charge in [-0.25, -0.2) is 0 Å². The average molecular weight is 162 g/mol. The molecule has 0 aliphatic carbocycles. The average Bonchev–Trinajstić information content (AvgIpc) is 1.86. The van der Waals surface area contributed by atoms with E-state index in [0.29, 0.717) is 12.2 Å². The zero-order chi connectivity index (χ0) is 7.14. The molecule has 3 heteroatoms. The molecule has 0 radical (unpaired) electrons. The summed E-state index contributed by atoms with van der Waals surface area (Å²) >= 11 is 5.91. The van der Waals surface area contributed by atoms with Gasteiger partial charge in [0.1, 0.15) is 0 Å². The number of rotatable bonds is 1. The molecule has 3 aliphatic rings. The smallest absolute Gasteiger partial charge is 0.0823 e. The van der Waals surface area contributed by atoms with Crippen LogP contribution in [0, 0.1) is 0 Å². The van der Waals surface area contributed by atoms with Crippen molar-refractivity contribution in [1.29, 1.82) is 0 Å². The number of piperidine rings is 1. The summed E-state index contributed by atoms with van der Waals surface area (Å²) in [6.45, 7) is 4.08. The Morgan fingerprint density at radius 1 is 1.50 bits per heavy atom. The molecule has 0 aromatic heterocycles. The summed E-state index contributed by atoms with van der Waals surface area (Å²) < 4.78 is 5.46. The molecule has 3 rings (SSSR count). The van der Waals surface area contributed by atoms with Crippen molar-refractivity contribution in [3.63, 3.8) is 0 Å². The summed E-state index contributed by atoms with van der Waals surface area (Å²) in [5.41, 5.74) is 0.175. The van der Waals surface area contributed by atoms with Gasteiger partial charge in [-0.1, -0.05) is 0 Å². The fourth-order valence-corrected chi connectivity index (χ4v) is 1.84. The Morgan fingerprint density at radius 2 is 2.00 bits per heavy atom. The number of hydrogen-bond donors (Lipinski definition) is 0. The van der Waals surface area contributed by atoms with E-state index in [2.05, 4.69) is 4.90 Å². The van der Waals surface area contributed by atoms with Gasteiger partial charge in [0.15, 0.2) is 0 Å². The van der Waals surface area contributed by atoms with Crippen molar-refractivity contribution in [3.05, 3.63) is 0 Å². The number of halogens is 1. The molecule has 0 N–H and O–H groups in total. The van der Waals surface area contributed by atoms with Crippen LogP contribution in [0.3, 0.4) is 0 Å². The van der Waals surface area contributed by atoms with Gasteiger partial charge >= 0.3 is 0 Å². The van der Waals surface area contributed by atoms with Gasteiger partial charge in [0.2, 0.25) is 0 Å². The summed E-state index contributed by atoms with van der Waals surface area (Å²) in [7, 11) is 0. The molecule has 10 heavy (non-hydrogen) atoms. The Balaban J connectivity index is 1.91. The molecule has 58 valence electrons. The van der Waals surface area contributed by atoms with Crippen LogP contribution < -0.4 is 0 Å². The third-order valence-corrected chi connectivity index (χ3v) is 2.57. The first kappa shape index (κ1) is 6.89. The van der Waals surface area contributed by atoms with Crippen molar-refractivity contribution in [2.75, 3.05) is 13.1 Å². The van der Waals surface area contributed by atoms with Crippen LogP contribution in [0.5, 0.6) is 0 Å². The predicted octanol–water partition coefficient (Wildman–Crippen LogP) is 1.04. The number of ether oxygens (including phenoxy) is 1. The number of morpholine rings is 1. The second kappa shape index (κ2) is 2.36. The quantitative estimate of drug-likeness (QED) is 0.421. The van der Waals surface area contributed by atoms with Crippen LogP contribution in [-0.2, 0) is 4.74 Å². The van der Waals surface area contributed by atoms with Crippen molar-refractivity contribution in [3.8, 4) is 0 Å². The first-order chi connectivity index (χ1) is 4.75. The van der Waals surface area contributed by atoms with Crippen LogP contribution in [0.1, 0.15) is 13.3 Å². The van der Waals surface area contributed by atoms with Crippen LogP contribution >= 0.6 is 11.6 Å². The van der Waals surface area contributed by atoms with Gasteiger partial charge in [-0.15, -0.1) is 11.6 Å². The summed E-state index contributed by atoms with van der Waals surface area (Å²) in [5.74, 6) is 0. The fraction of sp³-hybridized carbons (Fsp3) is 1.00. The molecule has 3 atom stereocenters. The third kappa shape index (κ3) is 1.04. The van der Waals surface area contributed by atoms with E-state index in [0.717, 1.165) is 13.1 Å². The molecule has 0 aromatic carbocycles. The number of fused-ring (bicyclic) bond motifs is 2. The van der Waals surface area contributed by atoms with E-state index in [1.54, 1.807) is 0 Å². The highest BCUT2D eigenvalue weighted by molar-refractivity contribution is 6.20. The maximum absolute atomic E-state index is 5.91. The molecule has 3 heterocycles. The molecule has 2 nitrogen and oxygen atoms in total. The molecule has 3 unspecified atom stereocenters. The van der Waals surface area contributed by atoms with E-state index >= 15 is 0 Å². The summed E-state index contributed by atoms with van der Waals surface area (Å²) in [6, 6.07) is 0. The number of nitrogens with zero attached hydrogens (tertiary/aromatic N) is 1. The fourth-order valence-electron chi connectivity index (χ4n) is 1.68. The zero-order valence-corrected chi connectivity index (χ0v) is 6.84. The normalized spacial score (nSPS) is 42.6. The molecule has 0 spiro atoms. The predicted molar refractivity (Wildman–Crippen MR) is 40.2 cm³/mol. The first-order valence-corrected chi connectivity index (χ1v) is 4.23. The molecule has 0 aromatic rings. The second-order valence-corrected chi connectivity index (χ2v) is 3.78. The van der Waals surface area contributed by atoms with E-state index in [9.17, 15) is 0 Å². The summed E-state index contributed by atoms with van der Waals surface area (Å²) in [6.07, 6.45) is 2.22. The van der Waals surface area contributed by atoms with Gasteiger partial charge in [-0.05, 0) is 6.92 Å². The maximum atomic E-state index is 5.91. The second-order valence-electron chi connectivity index (χ2n) is 3.14. The molecule has 0 amide bonds. The Morgan fingerprint density at radius 3 is 2.30 bits per heavy atom. The lowest BCUT2D eigenvalue weighted by molar-refractivity contribution is -0.182. The van der Waals surface area contributed by atoms with Gasteiger partial charge in [0.05, 0.1) is 17.7 Å². The minimum Gasteiger partial charge on any atom is -0.372 e. The highest BCUT2D eigenvalue weighted by Crippen LogP contribution is 2.29. The lowest BCUT2D eigenvalue weighted by atomic mass is 9.99. The first-order valence-electron chi connectivity index (χ1n) is 3.79. The lowest BCUT2D eigenvalue weighted by Crippen LogP contribution is -2.58.